The Balaban J connectivity index is 1.57. The fourth-order valence-corrected chi connectivity index (χ4v) is 4.33. The summed E-state index contributed by atoms with van der Waals surface area (Å²) in [5.74, 6) is 1.13. The lowest BCUT2D eigenvalue weighted by molar-refractivity contribution is -0.129. The van der Waals surface area contributed by atoms with Crippen LogP contribution in [0.25, 0.3) is 0 Å². The number of benzene rings is 1. The zero-order valence-corrected chi connectivity index (χ0v) is 18.1. The van der Waals surface area contributed by atoms with Gasteiger partial charge in [0.05, 0.1) is 6.54 Å². The lowest BCUT2D eigenvalue weighted by Crippen LogP contribution is -2.46. The van der Waals surface area contributed by atoms with Gasteiger partial charge in [0.15, 0.2) is 5.96 Å². The fraction of sp³-hybridized carbons (Fsp3) is 0.652. The van der Waals surface area contributed by atoms with Crippen molar-refractivity contribution in [2.45, 2.75) is 64.6 Å². The summed E-state index contributed by atoms with van der Waals surface area (Å²) in [4.78, 5) is 21.4. The maximum atomic E-state index is 11.9. The number of aliphatic imine (C=N–C) groups is 1. The highest BCUT2D eigenvalue weighted by molar-refractivity contribution is 5.80. The first-order valence-corrected chi connectivity index (χ1v) is 11.3. The van der Waals surface area contributed by atoms with Crippen molar-refractivity contribution in [1.82, 2.24) is 20.4 Å². The molecular formula is C23H37N5O. The number of hydrogen-bond donors (Lipinski definition) is 2. The molecule has 3 rings (SSSR count). The molecule has 1 aromatic rings. The average Bonchev–Trinajstić information content (AvgIpc) is 3.22. The van der Waals surface area contributed by atoms with Crippen molar-refractivity contribution in [3.05, 3.63) is 35.9 Å². The molecule has 160 valence electrons. The molecule has 1 aromatic carbocycles. The molecule has 2 aliphatic heterocycles. The predicted octanol–water partition coefficient (Wildman–Crippen LogP) is 2.61. The zero-order valence-electron chi connectivity index (χ0n) is 18.1. The lowest BCUT2D eigenvalue weighted by atomic mass is 10.0. The summed E-state index contributed by atoms with van der Waals surface area (Å²) >= 11 is 0. The molecule has 2 fully saturated rings. The van der Waals surface area contributed by atoms with E-state index in [-0.39, 0.29) is 11.9 Å². The second-order valence-corrected chi connectivity index (χ2v) is 8.15. The molecule has 2 heterocycles. The largest absolute Gasteiger partial charge is 0.357 e. The van der Waals surface area contributed by atoms with Crippen LogP contribution in [-0.2, 0) is 11.3 Å². The Morgan fingerprint density at radius 2 is 1.97 bits per heavy atom. The lowest BCUT2D eigenvalue weighted by Gasteiger charge is -2.35. The van der Waals surface area contributed by atoms with Crippen molar-refractivity contribution in [3.63, 3.8) is 0 Å². The minimum Gasteiger partial charge on any atom is -0.357 e. The minimum atomic E-state index is 0.245. The van der Waals surface area contributed by atoms with Gasteiger partial charge in [0.25, 0.3) is 0 Å². The molecule has 0 aliphatic carbocycles. The Hall–Kier alpha value is -2.08. The molecule has 0 spiro atoms. The van der Waals surface area contributed by atoms with Gasteiger partial charge in [-0.15, -0.1) is 0 Å². The molecule has 29 heavy (non-hydrogen) atoms. The Morgan fingerprint density at radius 1 is 1.14 bits per heavy atom. The van der Waals surface area contributed by atoms with Crippen molar-refractivity contribution in [1.29, 1.82) is 0 Å². The van der Waals surface area contributed by atoms with Gasteiger partial charge in [-0.2, -0.15) is 0 Å². The first kappa shape index (κ1) is 21.6. The van der Waals surface area contributed by atoms with Gasteiger partial charge in [0, 0.05) is 44.7 Å². The molecule has 0 bridgehead atoms. The van der Waals surface area contributed by atoms with Crippen LogP contribution in [-0.4, -0.2) is 66.5 Å². The van der Waals surface area contributed by atoms with E-state index in [1.54, 1.807) is 0 Å². The van der Waals surface area contributed by atoms with Gasteiger partial charge in [-0.1, -0.05) is 43.7 Å². The number of nitrogens with zero attached hydrogens (tertiary/aromatic N) is 3. The average molecular weight is 400 g/mol. The van der Waals surface area contributed by atoms with Gasteiger partial charge >= 0.3 is 0 Å². The summed E-state index contributed by atoms with van der Waals surface area (Å²) < 4.78 is 0. The maximum absolute atomic E-state index is 11.9. The molecule has 2 aliphatic rings. The molecule has 0 aromatic heterocycles. The maximum Gasteiger partial charge on any atom is 0.222 e. The molecule has 1 amide bonds. The van der Waals surface area contributed by atoms with E-state index in [2.05, 4.69) is 52.8 Å². The first-order chi connectivity index (χ1) is 14.2. The quantitative estimate of drug-likeness (QED) is 0.547. The van der Waals surface area contributed by atoms with Crippen LogP contribution in [0.4, 0.5) is 0 Å². The fourth-order valence-electron chi connectivity index (χ4n) is 4.33. The summed E-state index contributed by atoms with van der Waals surface area (Å²) in [6.07, 6.45) is 5.33. The van der Waals surface area contributed by atoms with E-state index in [0.717, 1.165) is 51.6 Å². The molecule has 2 unspecified atom stereocenters. The standard InChI is InChI=1S/C23H37N5O/c1-3-22(29)28-15-13-20(18-28)26-23(24-4-2)25-16-21-12-8-9-14-27(21)17-19-10-6-5-7-11-19/h5-7,10-11,20-21H,3-4,8-9,12-18H2,1-2H3,(H2,24,25,26). The van der Waals surface area contributed by atoms with Crippen LogP contribution < -0.4 is 10.6 Å². The molecular weight excluding hydrogens is 362 g/mol. The van der Waals surface area contributed by atoms with Gasteiger partial charge < -0.3 is 15.5 Å². The Labute approximate surface area is 175 Å². The number of amides is 1. The number of likely N-dealkylation sites (tertiary alicyclic amines) is 2. The van der Waals surface area contributed by atoms with Gasteiger partial charge in [-0.25, -0.2) is 0 Å². The number of carbonyl (C=O) groups is 1. The van der Waals surface area contributed by atoms with E-state index >= 15 is 0 Å². The number of guanidine groups is 1. The van der Waals surface area contributed by atoms with E-state index in [1.807, 2.05) is 11.8 Å². The van der Waals surface area contributed by atoms with Gasteiger partial charge in [0.1, 0.15) is 0 Å². The van der Waals surface area contributed by atoms with E-state index in [4.69, 9.17) is 4.99 Å². The van der Waals surface area contributed by atoms with Gasteiger partial charge in [0.2, 0.25) is 5.91 Å². The van der Waals surface area contributed by atoms with Crippen LogP contribution in [0.5, 0.6) is 0 Å². The second kappa shape index (κ2) is 11.2. The SMILES string of the molecule is CCNC(=NCC1CCCCN1Cc1ccccc1)NC1CCN(C(=O)CC)C1. The smallest absolute Gasteiger partial charge is 0.222 e. The van der Waals surface area contributed by atoms with E-state index < -0.39 is 0 Å². The number of rotatable bonds is 7. The Kier molecular flexibility index (Phi) is 8.35. The minimum absolute atomic E-state index is 0.245. The number of piperidine rings is 1. The van der Waals surface area contributed by atoms with Crippen LogP contribution >= 0.6 is 0 Å². The molecule has 2 N–H and O–H groups in total. The Bertz CT molecular complexity index is 662. The van der Waals surface area contributed by atoms with E-state index in [0.29, 0.717) is 12.5 Å². The molecule has 2 saturated heterocycles. The highest BCUT2D eigenvalue weighted by Gasteiger charge is 2.26. The summed E-state index contributed by atoms with van der Waals surface area (Å²) in [6.45, 7) is 9.46. The summed E-state index contributed by atoms with van der Waals surface area (Å²) in [6, 6.07) is 11.5. The van der Waals surface area contributed by atoms with E-state index in [9.17, 15) is 4.79 Å². The third-order valence-electron chi connectivity index (χ3n) is 5.97. The van der Waals surface area contributed by atoms with Crippen LogP contribution in [0.15, 0.2) is 35.3 Å². The van der Waals surface area contributed by atoms with Crippen LogP contribution in [0.2, 0.25) is 0 Å². The number of carbonyl (C=O) groups excluding carboxylic acids is 1. The van der Waals surface area contributed by atoms with Crippen molar-refractivity contribution >= 4 is 11.9 Å². The van der Waals surface area contributed by atoms with Gasteiger partial charge in [-0.3, -0.25) is 14.7 Å². The number of hydrogen-bond acceptors (Lipinski definition) is 3. The van der Waals surface area contributed by atoms with Gasteiger partial charge in [-0.05, 0) is 38.3 Å². The molecule has 2 atom stereocenters. The highest BCUT2D eigenvalue weighted by atomic mass is 16.2. The monoisotopic (exact) mass is 399 g/mol. The normalized spacial score (nSPS) is 23.2. The van der Waals surface area contributed by atoms with Crippen molar-refractivity contribution in [2.24, 2.45) is 4.99 Å². The highest BCUT2D eigenvalue weighted by Crippen LogP contribution is 2.20. The molecule has 0 saturated carbocycles. The third-order valence-corrected chi connectivity index (χ3v) is 5.97. The molecule has 0 radical (unpaired) electrons. The topological polar surface area (TPSA) is 60.0 Å². The van der Waals surface area contributed by atoms with Crippen molar-refractivity contribution in [2.75, 3.05) is 32.7 Å². The van der Waals surface area contributed by atoms with Crippen molar-refractivity contribution in [3.8, 4) is 0 Å². The predicted molar refractivity (Wildman–Crippen MR) is 119 cm³/mol. The first-order valence-electron chi connectivity index (χ1n) is 11.3. The van der Waals surface area contributed by atoms with Crippen molar-refractivity contribution < 1.29 is 4.79 Å². The number of nitrogens with one attached hydrogen (secondary N) is 2. The second-order valence-electron chi connectivity index (χ2n) is 8.15. The van der Waals surface area contributed by atoms with Crippen LogP contribution in [0.3, 0.4) is 0 Å². The van der Waals surface area contributed by atoms with Crippen LogP contribution in [0, 0.1) is 0 Å². The summed E-state index contributed by atoms with van der Waals surface area (Å²) in [7, 11) is 0. The molecule has 6 heteroatoms. The molecule has 6 nitrogen and oxygen atoms in total. The third kappa shape index (κ3) is 6.46. The van der Waals surface area contributed by atoms with Crippen LogP contribution in [0.1, 0.15) is 51.5 Å². The summed E-state index contributed by atoms with van der Waals surface area (Å²) in [5.41, 5.74) is 1.38. The Morgan fingerprint density at radius 3 is 2.72 bits per heavy atom. The zero-order chi connectivity index (χ0) is 20.5. The van der Waals surface area contributed by atoms with E-state index in [1.165, 1.54) is 24.8 Å². The summed E-state index contributed by atoms with van der Waals surface area (Å²) in [5, 5.41) is 6.95.